The van der Waals surface area contributed by atoms with E-state index in [2.05, 4.69) is 19.2 Å². The summed E-state index contributed by atoms with van der Waals surface area (Å²) in [6, 6.07) is 5.93. The second-order valence-electron chi connectivity index (χ2n) is 5.74. The van der Waals surface area contributed by atoms with Crippen molar-refractivity contribution in [1.82, 2.24) is 0 Å². The summed E-state index contributed by atoms with van der Waals surface area (Å²) in [6.07, 6.45) is 6.31. The van der Waals surface area contributed by atoms with Gasteiger partial charge in [0.15, 0.2) is 0 Å². The van der Waals surface area contributed by atoms with Gasteiger partial charge in [-0.1, -0.05) is 20.3 Å². The summed E-state index contributed by atoms with van der Waals surface area (Å²) in [5.74, 6) is 0.865. The minimum absolute atomic E-state index is 0.545. The molecule has 0 unspecified atom stereocenters. The molecule has 2 rings (SSSR count). The van der Waals surface area contributed by atoms with Crippen LogP contribution in [0.4, 0.5) is 11.4 Å². The zero-order valence-electron chi connectivity index (χ0n) is 12.2. The van der Waals surface area contributed by atoms with E-state index >= 15 is 0 Å². The summed E-state index contributed by atoms with van der Waals surface area (Å²) in [5, 5.41) is 3.53. The Kier molecular flexibility index (Phi) is 4.56. The molecule has 1 aliphatic rings. The summed E-state index contributed by atoms with van der Waals surface area (Å²) < 4.78 is 5.65. The van der Waals surface area contributed by atoms with Gasteiger partial charge in [0.1, 0.15) is 5.75 Å². The average Bonchev–Trinajstić information content (AvgIpc) is 3.14. The normalized spacial score (nSPS) is 16.1. The highest BCUT2D eigenvalue weighted by atomic mass is 16.5. The maximum Gasteiger partial charge on any atom is 0.123 e. The molecule has 1 aromatic carbocycles. The monoisotopic (exact) mass is 262 g/mol. The molecular formula is C16H26N2O. The van der Waals surface area contributed by atoms with Crippen molar-refractivity contribution in [2.75, 3.05) is 24.2 Å². The standard InChI is InChI=1S/C16H26N2O/c1-3-5-16(6-7-16)12-18-14-9-13(17)10-15(11-14)19-8-4-2/h9-11,18H,3-8,12,17H2,1-2H3. The predicted molar refractivity (Wildman–Crippen MR) is 81.7 cm³/mol. The quantitative estimate of drug-likeness (QED) is 0.695. The number of benzene rings is 1. The van der Waals surface area contributed by atoms with Crippen LogP contribution in [-0.4, -0.2) is 13.2 Å². The first kappa shape index (κ1) is 14.0. The Balaban J connectivity index is 1.94. The lowest BCUT2D eigenvalue weighted by atomic mass is 10.0. The lowest BCUT2D eigenvalue weighted by molar-refractivity contribution is 0.318. The third-order valence-electron chi connectivity index (χ3n) is 3.81. The molecule has 0 radical (unpaired) electrons. The van der Waals surface area contributed by atoms with Crippen molar-refractivity contribution < 1.29 is 4.74 Å². The van der Waals surface area contributed by atoms with Crippen molar-refractivity contribution in [3.63, 3.8) is 0 Å². The van der Waals surface area contributed by atoms with Crippen LogP contribution in [-0.2, 0) is 0 Å². The number of anilines is 2. The number of hydrogen-bond donors (Lipinski definition) is 2. The fourth-order valence-electron chi connectivity index (χ4n) is 2.54. The molecule has 1 aliphatic carbocycles. The van der Waals surface area contributed by atoms with Crippen LogP contribution < -0.4 is 15.8 Å². The molecule has 0 atom stereocenters. The minimum Gasteiger partial charge on any atom is -0.493 e. The number of nitrogens with one attached hydrogen (secondary N) is 1. The second kappa shape index (κ2) is 6.18. The molecule has 3 nitrogen and oxygen atoms in total. The maximum absolute atomic E-state index is 5.92. The summed E-state index contributed by atoms with van der Waals surface area (Å²) >= 11 is 0. The molecule has 106 valence electrons. The number of hydrogen-bond acceptors (Lipinski definition) is 3. The van der Waals surface area contributed by atoms with Crippen LogP contribution >= 0.6 is 0 Å². The van der Waals surface area contributed by atoms with E-state index in [1.165, 1.54) is 25.7 Å². The Morgan fingerprint density at radius 1 is 1.21 bits per heavy atom. The Hall–Kier alpha value is -1.38. The van der Waals surface area contributed by atoms with Crippen LogP contribution in [0, 0.1) is 5.41 Å². The van der Waals surface area contributed by atoms with Gasteiger partial charge in [-0.25, -0.2) is 0 Å². The molecule has 19 heavy (non-hydrogen) atoms. The van der Waals surface area contributed by atoms with Crippen LogP contribution in [0.25, 0.3) is 0 Å². The van der Waals surface area contributed by atoms with E-state index in [4.69, 9.17) is 10.5 Å². The molecule has 0 amide bonds. The molecule has 3 N–H and O–H groups in total. The zero-order valence-corrected chi connectivity index (χ0v) is 12.2. The molecule has 0 bridgehead atoms. The fraction of sp³-hybridized carbons (Fsp3) is 0.625. The summed E-state index contributed by atoms with van der Waals surface area (Å²) in [4.78, 5) is 0. The first-order valence-electron chi connectivity index (χ1n) is 7.45. The van der Waals surface area contributed by atoms with Gasteiger partial charge in [-0.05, 0) is 37.2 Å². The molecule has 3 heteroatoms. The van der Waals surface area contributed by atoms with Crippen LogP contribution in [0.15, 0.2) is 18.2 Å². The molecule has 0 saturated heterocycles. The highest BCUT2D eigenvalue weighted by molar-refractivity contribution is 5.59. The van der Waals surface area contributed by atoms with Crippen molar-refractivity contribution in [3.8, 4) is 5.75 Å². The fourth-order valence-corrected chi connectivity index (χ4v) is 2.54. The van der Waals surface area contributed by atoms with Crippen molar-refractivity contribution in [1.29, 1.82) is 0 Å². The van der Waals surface area contributed by atoms with Gasteiger partial charge in [-0.2, -0.15) is 0 Å². The molecule has 0 heterocycles. The molecule has 1 aromatic rings. The van der Waals surface area contributed by atoms with Crippen molar-refractivity contribution >= 4 is 11.4 Å². The van der Waals surface area contributed by atoms with Gasteiger partial charge in [0.2, 0.25) is 0 Å². The first-order chi connectivity index (χ1) is 9.17. The second-order valence-corrected chi connectivity index (χ2v) is 5.74. The maximum atomic E-state index is 5.92. The number of ether oxygens (including phenoxy) is 1. The van der Waals surface area contributed by atoms with E-state index in [0.29, 0.717) is 5.41 Å². The van der Waals surface area contributed by atoms with Gasteiger partial charge in [0.25, 0.3) is 0 Å². The van der Waals surface area contributed by atoms with E-state index in [1.807, 2.05) is 18.2 Å². The van der Waals surface area contributed by atoms with Crippen molar-refractivity contribution in [2.24, 2.45) is 5.41 Å². The van der Waals surface area contributed by atoms with E-state index < -0.39 is 0 Å². The van der Waals surface area contributed by atoms with Gasteiger partial charge in [-0.15, -0.1) is 0 Å². The van der Waals surface area contributed by atoms with Crippen LogP contribution in [0.5, 0.6) is 5.75 Å². The summed E-state index contributed by atoms with van der Waals surface area (Å²) in [6.45, 7) is 6.16. The molecule has 1 saturated carbocycles. The Morgan fingerprint density at radius 3 is 2.63 bits per heavy atom. The Morgan fingerprint density at radius 2 is 2.00 bits per heavy atom. The van der Waals surface area contributed by atoms with E-state index in [9.17, 15) is 0 Å². The van der Waals surface area contributed by atoms with Crippen molar-refractivity contribution in [2.45, 2.75) is 46.0 Å². The van der Waals surface area contributed by atoms with Gasteiger partial charge < -0.3 is 15.8 Å². The van der Waals surface area contributed by atoms with Gasteiger partial charge in [0.05, 0.1) is 6.61 Å². The predicted octanol–water partition coefficient (Wildman–Crippen LogP) is 4.05. The highest BCUT2D eigenvalue weighted by Crippen LogP contribution is 2.49. The SMILES string of the molecule is CCCOc1cc(N)cc(NCC2(CCC)CC2)c1. The first-order valence-corrected chi connectivity index (χ1v) is 7.45. The van der Waals surface area contributed by atoms with E-state index in [-0.39, 0.29) is 0 Å². The molecule has 0 aliphatic heterocycles. The third kappa shape index (κ3) is 4.05. The average molecular weight is 262 g/mol. The largest absolute Gasteiger partial charge is 0.493 e. The Bertz CT molecular complexity index is 413. The third-order valence-corrected chi connectivity index (χ3v) is 3.81. The topological polar surface area (TPSA) is 47.3 Å². The molecule has 0 spiro atoms. The van der Waals surface area contributed by atoms with Gasteiger partial charge in [-0.3, -0.25) is 0 Å². The summed E-state index contributed by atoms with van der Waals surface area (Å²) in [7, 11) is 0. The Labute approximate surface area is 116 Å². The van der Waals surface area contributed by atoms with Crippen molar-refractivity contribution in [3.05, 3.63) is 18.2 Å². The van der Waals surface area contributed by atoms with Crippen LogP contribution in [0.1, 0.15) is 46.0 Å². The van der Waals surface area contributed by atoms with E-state index in [0.717, 1.165) is 36.7 Å². The lowest BCUT2D eigenvalue weighted by Crippen LogP contribution is -2.15. The van der Waals surface area contributed by atoms with Gasteiger partial charge >= 0.3 is 0 Å². The number of rotatable bonds is 8. The molecular weight excluding hydrogens is 236 g/mol. The minimum atomic E-state index is 0.545. The highest BCUT2D eigenvalue weighted by Gasteiger charge is 2.40. The number of nitrogens with two attached hydrogens (primary N) is 1. The lowest BCUT2D eigenvalue weighted by Gasteiger charge is -2.17. The summed E-state index contributed by atoms with van der Waals surface area (Å²) in [5.41, 5.74) is 8.31. The van der Waals surface area contributed by atoms with Gasteiger partial charge in [0, 0.05) is 30.1 Å². The zero-order chi connectivity index (χ0) is 13.7. The smallest absolute Gasteiger partial charge is 0.123 e. The van der Waals surface area contributed by atoms with Crippen LogP contribution in [0.2, 0.25) is 0 Å². The molecule has 0 aromatic heterocycles. The van der Waals surface area contributed by atoms with E-state index in [1.54, 1.807) is 0 Å². The van der Waals surface area contributed by atoms with Crippen LogP contribution in [0.3, 0.4) is 0 Å². The number of nitrogen functional groups attached to an aromatic ring is 1. The molecule has 1 fully saturated rings.